The van der Waals surface area contributed by atoms with Crippen LogP contribution in [0.1, 0.15) is 26.6 Å². The van der Waals surface area contributed by atoms with Crippen molar-refractivity contribution >= 4 is 44.0 Å². The molecule has 3 rings (SSSR count). The average Bonchev–Trinajstić information content (AvgIpc) is 2.94. The van der Waals surface area contributed by atoms with Crippen molar-refractivity contribution in [3.8, 4) is 0 Å². The van der Waals surface area contributed by atoms with Crippen molar-refractivity contribution in [1.82, 2.24) is 0 Å². The van der Waals surface area contributed by atoms with Crippen molar-refractivity contribution < 1.29 is 9.21 Å². The summed E-state index contributed by atoms with van der Waals surface area (Å²) in [4.78, 5) is 13.1. The van der Waals surface area contributed by atoms with E-state index >= 15 is 0 Å². The fourth-order valence-corrected chi connectivity index (χ4v) is 3.57. The predicted octanol–water partition coefficient (Wildman–Crippen LogP) is 5.10. The van der Waals surface area contributed by atoms with Crippen molar-refractivity contribution in [1.29, 1.82) is 0 Å². The summed E-state index contributed by atoms with van der Waals surface area (Å²) in [6.07, 6.45) is 0. The highest BCUT2D eigenvalue weighted by molar-refractivity contribution is 9.10. The molecule has 3 aromatic rings. The molecule has 2 heterocycles. The number of fused-ring (bicyclic) bond motifs is 1. The van der Waals surface area contributed by atoms with E-state index < -0.39 is 0 Å². The fraction of sp³-hybridized carbons (Fsp3) is 0.133. The number of furan rings is 1. The number of benzene rings is 1. The minimum absolute atomic E-state index is 0.0424. The van der Waals surface area contributed by atoms with Gasteiger partial charge in [-0.3, -0.25) is 4.79 Å². The number of ketones is 1. The Morgan fingerprint density at radius 3 is 2.68 bits per heavy atom. The smallest absolute Gasteiger partial charge is 0.238 e. The Bertz CT molecular complexity index is 783. The van der Waals surface area contributed by atoms with Crippen LogP contribution in [0.2, 0.25) is 0 Å². The average molecular weight is 335 g/mol. The first kappa shape index (κ1) is 12.6. The monoisotopic (exact) mass is 334 g/mol. The van der Waals surface area contributed by atoms with Gasteiger partial charge in [-0.05, 0) is 54.6 Å². The Morgan fingerprint density at radius 2 is 2.00 bits per heavy atom. The number of carbonyl (C=O) groups excluding carboxylic acids is 1. The first-order valence-corrected chi connectivity index (χ1v) is 7.52. The van der Waals surface area contributed by atoms with E-state index in [2.05, 4.69) is 15.9 Å². The van der Waals surface area contributed by atoms with Gasteiger partial charge in [-0.2, -0.15) is 0 Å². The Labute approximate surface area is 123 Å². The molecule has 0 fully saturated rings. The maximum Gasteiger partial charge on any atom is 0.238 e. The molecule has 4 heteroatoms. The number of aryl methyl sites for hydroxylation is 2. The second-order valence-electron chi connectivity index (χ2n) is 4.51. The van der Waals surface area contributed by atoms with Crippen LogP contribution in [0.15, 0.2) is 38.5 Å². The molecule has 2 nitrogen and oxygen atoms in total. The molecule has 0 radical (unpaired) electrons. The predicted molar refractivity (Wildman–Crippen MR) is 81.1 cm³/mol. The SMILES string of the molecule is Cc1ccsc1C(=O)c1cc2cc(Br)cc(C)c2o1. The van der Waals surface area contributed by atoms with E-state index in [1.54, 1.807) is 0 Å². The van der Waals surface area contributed by atoms with Crippen LogP contribution in [0.25, 0.3) is 11.0 Å². The summed E-state index contributed by atoms with van der Waals surface area (Å²) in [7, 11) is 0. The van der Waals surface area contributed by atoms with Crippen molar-refractivity contribution in [2.75, 3.05) is 0 Å². The number of carbonyl (C=O) groups is 1. The fourth-order valence-electron chi connectivity index (χ4n) is 2.11. The van der Waals surface area contributed by atoms with Crippen LogP contribution in [0.4, 0.5) is 0 Å². The summed E-state index contributed by atoms with van der Waals surface area (Å²) < 4.78 is 6.72. The van der Waals surface area contributed by atoms with Gasteiger partial charge in [-0.15, -0.1) is 11.3 Å². The second-order valence-corrected chi connectivity index (χ2v) is 6.35. The van der Waals surface area contributed by atoms with Gasteiger partial charge in [0.1, 0.15) is 5.58 Å². The van der Waals surface area contributed by atoms with E-state index in [0.29, 0.717) is 5.76 Å². The van der Waals surface area contributed by atoms with Crippen LogP contribution < -0.4 is 0 Å². The van der Waals surface area contributed by atoms with E-state index in [4.69, 9.17) is 4.42 Å². The molecule has 1 aromatic carbocycles. The number of halogens is 1. The largest absolute Gasteiger partial charge is 0.452 e. The summed E-state index contributed by atoms with van der Waals surface area (Å²) in [5.74, 6) is 0.362. The van der Waals surface area contributed by atoms with Gasteiger partial charge < -0.3 is 4.42 Å². The molecule has 0 unspecified atom stereocenters. The zero-order valence-electron chi connectivity index (χ0n) is 10.5. The molecule has 19 heavy (non-hydrogen) atoms. The van der Waals surface area contributed by atoms with E-state index in [1.807, 2.05) is 43.5 Å². The molecule has 0 aliphatic rings. The number of thiophene rings is 1. The molecular formula is C15H11BrO2S. The highest BCUT2D eigenvalue weighted by Gasteiger charge is 2.18. The van der Waals surface area contributed by atoms with Gasteiger partial charge in [0, 0.05) is 9.86 Å². The second kappa shape index (κ2) is 4.62. The summed E-state index contributed by atoms with van der Waals surface area (Å²) in [6.45, 7) is 3.91. The third kappa shape index (κ3) is 2.15. The van der Waals surface area contributed by atoms with Gasteiger partial charge in [-0.1, -0.05) is 15.9 Å². The molecule has 0 atom stereocenters. The standard InChI is InChI=1S/C15H11BrO2S/c1-8-3-4-19-15(8)13(17)12-7-10-6-11(16)5-9(2)14(10)18-12/h3-7H,1-2H3. The molecule has 0 spiro atoms. The van der Waals surface area contributed by atoms with Crippen LogP contribution >= 0.6 is 27.3 Å². The number of hydrogen-bond acceptors (Lipinski definition) is 3. The van der Waals surface area contributed by atoms with Crippen LogP contribution in [0, 0.1) is 13.8 Å². The molecule has 0 saturated carbocycles. The molecule has 0 aliphatic carbocycles. The molecule has 96 valence electrons. The van der Waals surface area contributed by atoms with Gasteiger partial charge in [0.25, 0.3) is 0 Å². The Balaban J connectivity index is 2.14. The molecular weight excluding hydrogens is 324 g/mol. The van der Waals surface area contributed by atoms with Gasteiger partial charge >= 0.3 is 0 Å². The number of hydrogen-bond donors (Lipinski definition) is 0. The van der Waals surface area contributed by atoms with E-state index in [-0.39, 0.29) is 5.78 Å². The topological polar surface area (TPSA) is 30.2 Å². The zero-order chi connectivity index (χ0) is 13.6. The highest BCUT2D eigenvalue weighted by Crippen LogP contribution is 2.29. The molecule has 0 bridgehead atoms. The quantitative estimate of drug-likeness (QED) is 0.610. The van der Waals surface area contributed by atoms with Crippen molar-refractivity contribution in [2.45, 2.75) is 13.8 Å². The molecule has 0 N–H and O–H groups in total. The van der Waals surface area contributed by atoms with Gasteiger partial charge in [0.15, 0.2) is 5.76 Å². The van der Waals surface area contributed by atoms with Crippen molar-refractivity contribution in [3.63, 3.8) is 0 Å². The normalized spacial score (nSPS) is 11.1. The van der Waals surface area contributed by atoms with Crippen LogP contribution in [-0.2, 0) is 0 Å². The Kier molecular flexibility index (Phi) is 3.07. The van der Waals surface area contributed by atoms with Crippen LogP contribution in [-0.4, -0.2) is 5.78 Å². The maximum absolute atomic E-state index is 12.4. The molecule has 0 amide bonds. The van der Waals surface area contributed by atoms with Gasteiger partial charge in [0.05, 0.1) is 4.88 Å². The Morgan fingerprint density at radius 1 is 1.21 bits per heavy atom. The van der Waals surface area contributed by atoms with Gasteiger partial charge in [0.2, 0.25) is 5.78 Å². The first-order valence-electron chi connectivity index (χ1n) is 5.85. The Hall–Kier alpha value is -1.39. The lowest BCUT2D eigenvalue weighted by Crippen LogP contribution is -1.97. The first-order chi connectivity index (χ1) is 9.06. The van der Waals surface area contributed by atoms with E-state index in [9.17, 15) is 4.79 Å². The van der Waals surface area contributed by atoms with Crippen LogP contribution in [0.3, 0.4) is 0 Å². The minimum atomic E-state index is -0.0424. The minimum Gasteiger partial charge on any atom is -0.452 e. The number of rotatable bonds is 2. The lowest BCUT2D eigenvalue weighted by Gasteiger charge is -1.96. The molecule has 2 aromatic heterocycles. The summed E-state index contributed by atoms with van der Waals surface area (Å²) in [5, 5.41) is 2.87. The third-order valence-corrected chi connectivity index (χ3v) is 4.53. The van der Waals surface area contributed by atoms with E-state index in [0.717, 1.165) is 31.4 Å². The van der Waals surface area contributed by atoms with Crippen molar-refractivity contribution in [2.24, 2.45) is 0 Å². The maximum atomic E-state index is 12.4. The highest BCUT2D eigenvalue weighted by atomic mass is 79.9. The lowest BCUT2D eigenvalue weighted by molar-refractivity contribution is 0.101. The zero-order valence-corrected chi connectivity index (χ0v) is 12.9. The molecule has 0 saturated heterocycles. The van der Waals surface area contributed by atoms with Gasteiger partial charge in [-0.25, -0.2) is 0 Å². The lowest BCUT2D eigenvalue weighted by atomic mass is 10.1. The summed E-state index contributed by atoms with van der Waals surface area (Å²) in [6, 6.07) is 7.71. The van der Waals surface area contributed by atoms with Crippen molar-refractivity contribution in [3.05, 3.63) is 55.9 Å². The third-order valence-electron chi connectivity index (χ3n) is 3.06. The summed E-state index contributed by atoms with van der Waals surface area (Å²) in [5.41, 5.74) is 2.79. The molecule has 0 aliphatic heterocycles. The van der Waals surface area contributed by atoms with E-state index in [1.165, 1.54) is 11.3 Å². The summed E-state index contributed by atoms with van der Waals surface area (Å²) >= 11 is 4.91. The van der Waals surface area contributed by atoms with Crippen LogP contribution in [0.5, 0.6) is 0 Å².